The third-order valence-corrected chi connectivity index (χ3v) is 8.49. The minimum Gasteiger partial charge on any atom is -0.374 e. The first-order valence-corrected chi connectivity index (χ1v) is 17.4. The van der Waals surface area contributed by atoms with Crippen molar-refractivity contribution in [2.24, 2.45) is 0 Å². The Hall–Kier alpha value is -1.76. The van der Waals surface area contributed by atoms with Crippen molar-refractivity contribution in [3.05, 3.63) is 71.8 Å². The fourth-order valence-corrected chi connectivity index (χ4v) is 5.90. The molecule has 5 heteroatoms. The molecule has 0 aliphatic carbocycles. The zero-order valence-corrected chi connectivity index (χ0v) is 27.3. The molecule has 1 saturated heterocycles. The van der Waals surface area contributed by atoms with Gasteiger partial charge < -0.3 is 23.7 Å². The molecule has 2 aromatic rings. The van der Waals surface area contributed by atoms with Gasteiger partial charge in [0.05, 0.1) is 19.8 Å². The van der Waals surface area contributed by atoms with Crippen LogP contribution < -0.4 is 0 Å². The highest BCUT2D eigenvalue weighted by Crippen LogP contribution is 2.29. The number of rotatable bonds is 26. The molecule has 1 aliphatic rings. The standard InChI is InChI=1S/C38H60O5/c1-3-4-5-6-7-8-9-10-11-12-13-14-15-16-17-24-29-41-37-36(42-31-34-27-22-19-23-28-34)35(43-38(37)39-2)32-40-30-33-25-20-18-21-26-33/h18-23,25-28,35-38H,3-17,24,29-32H2,1-2H3/t35-,36+,37-,38-/m1/s1. The third kappa shape index (κ3) is 15.2. The Labute approximate surface area is 263 Å². The zero-order chi connectivity index (χ0) is 30.2. The Morgan fingerprint density at radius 3 is 1.56 bits per heavy atom. The number of hydrogen-bond acceptors (Lipinski definition) is 5. The molecule has 242 valence electrons. The lowest BCUT2D eigenvalue weighted by Gasteiger charge is -2.24. The summed E-state index contributed by atoms with van der Waals surface area (Å²) >= 11 is 0. The van der Waals surface area contributed by atoms with E-state index in [1.54, 1.807) is 7.11 Å². The maximum absolute atomic E-state index is 6.42. The quantitative estimate of drug-likeness (QED) is 0.101. The topological polar surface area (TPSA) is 46.2 Å². The van der Waals surface area contributed by atoms with E-state index in [0.717, 1.165) is 17.5 Å². The Morgan fingerprint density at radius 2 is 1.05 bits per heavy atom. The summed E-state index contributed by atoms with van der Waals surface area (Å²) in [5.41, 5.74) is 2.27. The number of hydrogen-bond donors (Lipinski definition) is 0. The van der Waals surface area contributed by atoms with E-state index in [9.17, 15) is 0 Å². The highest BCUT2D eigenvalue weighted by Gasteiger charge is 2.46. The van der Waals surface area contributed by atoms with Crippen molar-refractivity contribution in [1.82, 2.24) is 0 Å². The highest BCUT2D eigenvalue weighted by atomic mass is 16.7. The second kappa shape index (κ2) is 23.6. The van der Waals surface area contributed by atoms with Crippen LogP contribution in [0.5, 0.6) is 0 Å². The summed E-state index contributed by atoms with van der Waals surface area (Å²) in [5.74, 6) is 0. The minimum atomic E-state index is -0.466. The smallest absolute Gasteiger partial charge is 0.186 e. The van der Waals surface area contributed by atoms with Gasteiger partial charge in [0.25, 0.3) is 0 Å². The largest absolute Gasteiger partial charge is 0.374 e. The van der Waals surface area contributed by atoms with E-state index in [4.69, 9.17) is 23.7 Å². The number of benzene rings is 2. The maximum atomic E-state index is 6.42. The van der Waals surface area contributed by atoms with Crippen LogP contribution in [0.25, 0.3) is 0 Å². The molecule has 5 nitrogen and oxygen atoms in total. The summed E-state index contributed by atoms with van der Waals surface area (Å²) in [4.78, 5) is 0. The van der Waals surface area contributed by atoms with Gasteiger partial charge in [-0.05, 0) is 17.5 Å². The highest BCUT2D eigenvalue weighted by molar-refractivity contribution is 5.14. The van der Waals surface area contributed by atoms with E-state index in [1.165, 1.54) is 96.3 Å². The first-order chi connectivity index (χ1) is 21.3. The molecule has 0 bridgehead atoms. The van der Waals surface area contributed by atoms with Crippen molar-refractivity contribution in [3.8, 4) is 0 Å². The molecule has 4 atom stereocenters. The van der Waals surface area contributed by atoms with Gasteiger partial charge in [-0.3, -0.25) is 0 Å². The van der Waals surface area contributed by atoms with Crippen LogP contribution in [-0.2, 0) is 36.9 Å². The van der Waals surface area contributed by atoms with E-state index in [0.29, 0.717) is 26.4 Å². The second-order valence-corrected chi connectivity index (χ2v) is 12.2. The van der Waals surface area contributed by atoms with Gasteiger partial charge in [-0.2, -0.15) is 0 Å². The van der Waals surface area contributed by atoms with Gasteiger partial charge in [0.15, 0.2) is 6.29 Å². The molecule has 1 heterocycles. The Bertz CT molecular complexity index is 892. The maximum Gasteiger partial charge on any atom is 0.186 e. The molecule has 0 aromatic heterocycles. The first-order valence-electron chi connectivity index (χ1n) is 17.4. The fourth-order valence-electron chi connectivity index (χ4n) is 5.90. The van der Waals surface area contributed by atoms with Crippen molar-refractivity contribution in [2.45, 2.75) is 147 Å². The summed E-state index contributed by atoms with van der Waals surface area (Å²) in [6.45, 7) is 4.44. The number of unbranched alkanes of at least 4 members (excludes halogenated alkanes) is 15. The van der Waals surface area contributed by atoms with Crippen molar-refractivity contribution in [1.29, 1.82) is 0 Å². The van der Waals surface area contributed by atoms with E-state index in [2.05, 4.69) is 31.2 Å². The van der Waals surface area contributed by atoms with Crippen LogP contribution >= 0.6 is 0 Å². The molecule has 1 fully saturated rings. The van der Waals surface area contributed by atoms with Crippen LogP contribution in [0, 0.1) is 0 Å². The average molecular weight is 597 g/mol. The Kier molecular flexibility index (Phi) is 19.6. The van der Waals surface area contributed by atoms with Gasteiger partial charge in [0.1, 0.15) is 18.3 Å². The molecule has 43 heavy (non-hydrogen) atoms. The lowest BCUT2D eigenvalue weighted by Crippen LogP contribution is -2.39. The zero-order valence-electron chi connectivity index (χ0n) is 27.3. The van der Waals surface area contributed by atoms with Gasteiger partial charge in [-0.25, -0.2) is 0 Å². The molecular weight excluding hydrogens is 536 g/mol. The Balaban J connectivity index is 1.30. The SMILES string of the molecule is CCCCCCCCCCCCCCCCCCO[C@H]1[C@H](OC)O[C@H](COCc2ccccc2)[C@@H]1OCc1ccccc1. The summed E-state index contributed by atoms with van der Waals surface area (Å²) in [7, 11) is 1.68. The van der Waals surface area contributed by atoms with Crippen molar-refractivity contribution < 1.29 is 23.7 Å². The van der Waals surface area contributed by atoms with E-state index < -0.39 is 6.29 Å². The van der Waals surface area contributed by atoms with Crippen LogP contribution in [0.1, 0.15) is 121 Å². The molecule has 0 radical (unpaired) electrons. The molecule has 2 aromatic carbocycles. The van der Waals surface area contributed by atoms with Crippen molar-refractivity contribution in [3.63, 3.8) is 0 Å². The second-order valence-electron chi connectivity index (χ2n) is 12.2. The molecule has 0 amide bonds. The summed E-state index contributed by atoms with van der Waals surface area (Å²) in [6, 6.07) is 20.5. The monoisotopic (exact) mass is 596 g/mol. The molecule has 1 aliphatic heterocycles. The van der Waals surface area contributed by atoms with Gasteiger partial charge >= 0.3 is 0 Å². The molecule has 0 unspecified atom stereocenters. The van der Waals surface area contributed by atoms with Crippen molar-refractivity contribution in [2.75, 3.05) is 20.3 Å². The van der Waals surface area contributed by atoms with Crippen LogP contribution in [0.4, 0.5) is 0 Å². The lowest BCUT2D eigenvalue weighted by atomic mass is 10.0. The van der Waals surface area contributed by atoms with Gasteiger partial charge in [0.2, 0.25) is 0 Å². The van der Waals surface area contributed by atoms with Crippen LogP contribution in [0.2, 0.25) is 0 Å². The van der Waals surface area contributed by atoms with Crippen LogP contribution in [0.15, 0.2) is 60.7 Å². The van der Waals surface area contributed by atoms with E-state index in [-0.39, 0.29) is 18.3 Å². The Morgan fingerprint density at radius 1 is 0.558 bits per heavy atom. The van der Waals surface area contributed by atoms with Gasteiger partial charge in [-0.1, -0.05) is 164 Å². The number of ether oxygens (including phenoxy) is 5. The molecule has 0 spiro atoms. The normalized spacial score (nSPS) is 20.1. The lowest BCUT2D eigenvalue weighted by molar-refractivity contribution is -0.168. The van der Waals surface area contributed by atoms with E-state index in [1.807, 2.05) is 36.4 Å². The van der Waals surface area contributed by atoms with Gasteiger partial charge in [0, 0.05) is 13.7 Å². The summed E-state index contributed by atoms with van der Waals surface area (Å²) in [6.07, 6.45) is 20.5. The van der Waals surface area contributed by atoms with Gasteiger partial charge in [-0.15, -0.1) is 0 Å². The molecule has 3 rings (SSSR count). The number of methoxy groups -OCH3 is 1. The minimum absolute atomic E-state index is 0.256. The van der Waals surface area contributed by atoms with Crippen LogP contribution in [0.3, 0.4) is 0 Å². The fraction of sp³-hybridized carbons (Fsp3) is 0.684. The predicted molar refractivity (Wildman–Crippen MR) is 176 cm³/mol. The first kappa shape index (κ1) is 35.7. The summed E-state index contributed by atoms with van der Waals surface area (Å²) < 4.78 is 30.8. The third-order valence-electron chi connectivity index (χ3n) is 8.49. The molecule has 0 N–H and O–H groups in total. The molecule has 0 saturated carbocycles. The van der Waals surface area contributed by atoms with Crippen LogP contribution in [-0.4, -0.2) is 44.9 Å². The predicted octanol–water partition coefficient (Wildman–Crippen LogP) is 9.81. The average Bonchev–Trinajstić information content (AvgIpc) is 3.38. The molecular formula is C38H60O5. The van der Waals surface area contributed by atoms with E-state index >= 15 is 0 Å². The van der Waals surface area contributed by atoms with Crippen molar-refractivity contribution >= 4 is 0 Å². The summed E-state index contributed by atoms with van der Waals surface area (Å²) in [5, 5.41) is 0.